The summed E-state index contributed by atoms with van der Waals surface area (Å²) in [5.74, 6) is 1.70. The van der Waals surface area contributed by atoms with Crippen molar-refractivity contribution in [2.45, 2.75) is 57.2 Å². The largest absolute Gasteiger partial charge is 0.508 e. The first-order chi connectivity index (χ1) is 10.0. The Hall–Kier alpha value is -1.06. The Morgan fingerprint density at radius 1 is 1.10 bits per heavy atom. The summed E-state index contributed by atoms with van der Waals surface area (Å²) in [5, 5.41) is 30.6. The topological polar surface area (TPSA) is 60.7 Å². The number of hydrogen-bond donors (Lipinski definition) is 3. The maximum Gasteiger partial charge on any atom is 0.115 e. The summed E-state index contributed by atoms with van der Waals surface area (Å²) in [6, 6.07) is 5.47. The van der Waals surface area contributed by atoms with Gasteiger partial charge in [-0.2, -0.15) is 0 Å². The summed E-state index contributed by atoms with van der Waals surface area (Å²) in [7, 11) is 0. The summed E-state index contributed by atoms with van der Waals surface area (Å²) < 4.78 is 0. The van der Waals surface area contributed by atoms with E-state index in [0.29, 0.717) is 17.8 Å². The quantitative estimate of drug-likeness (QED) is 0.687. The van der Waals surface area contributed by atoms with Gasteiger partial charge in [0, 0.05) is 0 Å². The molecule has 1 aromatic rings. The van der Waals surface area contributed by atoms with Crippen molar-refractivity contribution in [2.75, 3.05) is 0 Å². The lowest BCUT2D eigenvalue weighted by Gasteiger charge is -2.50. The number of benzene rings is 1. The Labute approximate surface area is 125 Å². The third-order valence-electron chi connectivity index (χ3n) is 6.71. The smallest absolute Gasteiger partial charge is 0.115 e. The Morgan fingerprint density at radius 3 is 2.71 bits per heavy atom. The number of phenolic OH excluding ortho intramolecular Hbond substituents is 1. The zero-order valence-electron chi connectivity index (χ0n) is 12.5. The van der Waals surface area contributed by atoms with E-state index in [1.165, 1.54) is 5.56 Å². The van der Waals surface area contributed by atoms with Crippen LogP contribution >= 0.6 is 0 Å². The maximum atomic E-state index is 10.5. The Morgan fingerprint density at radius 2 is 1.90 bits per heavy atom. The lowest BCUT2D eigenvalue weighted by molar-refractivity contribution is -0.0372. The first kappa shape index (κ1) is 13.6. The number of rotatable bonds is 0. The van der Waals surface area contributed by atoms with E-state index in [1.54, 1.807) is 12.1 Å². The van der Waals surface area contributed by atoms with E-state index in [2.05, 4.69) is 6.92 Å². The molecule has 2 saturated carbocycles. The van der Waals surface area contributed by atoms with Gasteiger partial charge in [0.15, 0.2) is 0 Å². The van der Waals surface area contributed by atoms with Crippen LogP contribution in [0.5, 0.6) is 5.75 Å². The van der Waals surface area contributed by atoms with Crippen molar-refractivity contribution in [3.05, 3.63) is 29.3 Å². The molecule has 0 heterocycles. The van der Waals surface area contributed by atoms with Crippen molar-refractivity contribution < 1.29 is 15.3 Å². The molecular formula is C18H24O3. The van der Waals surface area contributed by atoms with Crippen LogP contribution in [-0.2, 0) is 0 Å². The zero-order valence-corrected chi connectivity index (χ0v) is 12.5. The summed E-state index contributed by atoms with van der Waals surface area (Å²) in [6.07, 6.45) is 4.25. The normalized spacial score (nSPS) is 44.8. The van der Waals surface area contributed by atoms with Crippen LogP contribution in [-0.4, -0.2) is 21.4 Å². The minimum Gasteiger partial charge on any atom is -0.508 e. The zero-order chi connectivity index (χ0) is 14.8. The Kier molecular flexibility index (Phi) is 2.89. The SMILES string of the molecule is C[C@]12CC[C@H]3c4ccc(O)cc4[C@H](O)C[C@H]3[C@H]1CC[C@@H]2O. The molecule has 0 saturated heterocycles. The van der Waals surface area contributed by atoms with Crippen molar-refractivity contribution in [1.82, 2.24) is 0 Å². The van der Waals surface area contributed by atoms with Gasteiger partial charge in [-0.05, 0) is 78.5 Å². The van der Waals surface area contributed by atoms with Gasteiger partial charge in [-0.1, -0.05) is 13.0 Å². The summed E-state index contributed by atoms with van der Waals surface area (Å²) in [6.45, 7) is 2.24. The standard InChI is InChI=1S/C18H24O3/c1-18-7-6-12-11-3-2-10(19)8-14(11)16(20)9-13(12)15(18)4-5-17(18)21/h2-3,8,12-13,15-17,19-21H,4-7,9H2,1H3/t12-,13+,15+,16+,17-,18-/m0/s1. The summed E-state index contributed by atoms with van der Waals surface area (Å²) in [5.41, 5.74) is 2.17. The minimum atomic E-state index is -0.478. The van der Waals surface area contributed by atoms with E-state index in [4.69, 9.17) is 0 Å². The highest BCUT2D eigenvalue weighted by atomic mass is 16.3. The van der Waals surface area contributed by atoms with E-state index in [9.17, 15) is 15.3 Å². The highest BCUT2D eigenvalue weighted by Crippen LogP contribution is 2.62. The van der Waals surface area contributed by atoms with Gasteiger partial charge in [0.25, 0.3) is 0 Å². The van der Waals surface area contributed by atoms with Gasteiger partial charge in [-0.3, -0.25) is 0 Å². The van der Waals surface area contributed by atoms with Crippen LogP contribution < -0.4 is 0 Å². The number of fused-ring (bicyclic) bond motifs is 5. The van der Waals surface area contributed by atoms with Crippen LogP contribution in [0.1, 0.15) is 62.2 Å². The summed E-state index contributed by atoms with van der Waals surface area (Å²) >= 11 is 0. The van der Waals surface area contributed by atoms with Crippen LogP contribution in [0.2, 0.25) is 0 Å². The molecule has 0 spiro atoms. The van der Waals surface area contributed by atoms with Gasteiger partial charge >= 0.3 is 0 Å². The van der Waals surface area contributed by atoms with Gasteiger partial charge in [-0.15, -0.1) is 0 Å². The van der Waals surface area contributed by atoms with Crippen molar-refractivity contribution in [1.29, 1.82) is 0 Å². The highest BCUT2D eigenvalue weighted by Gasteiger charge is 2.55. The van der Waals surface area contributed by atoms with Crippen molar-refractivity contribution in [3.63, 3.8) is 0 Å². The molecule has 114 valence electrons. The first-order valence-electron chi connectivity index (χ1n) is 8.19. The molecule has 6 atom stereocenters. The van der Waals surface area contributed by atoms with Crippen molar-refractivity contribution >= 4 is 0 Å². The number of aromatic hydroxyl groups is 1. The third kappa shape index (κ3) is 1.80. The van der Waals surface area contributed by atoms with E-state index < -0.39 is 6.10 Å². The van der Waals surface area contributed by atoms with E-state index in [0.717, 1.165) is 37.7 Å². The second-order valence-electron chi connectivity index (χ2n) is 7.58. The van der Waals surface area contributed by atoms with Gasteiger partial charge in [-0.25, -0.2) is 0 Å². The first-order valence-corrected chi connectivity index (χ1v) is 8.19. The molecule has 3 aliphatic carbocycles. The van der Waals surface area contributed by atoms with Gasteiger partial charge in [0.2, 0.25) is 0 Å². The third-order valence-corrected chi connectivity index (χ3v) is 6.71. The van der Waals surface area contributed by atoms with Gasteiger partial charge in [0.1, 0.15) is 5.75 Å². The molecule has 1 aromatic carbocycles. The fourth-order valence-electron chi connectivity index (χ4n) is 5.55. The number of aliphatic hydroxyl groups is 2. The number of hydrogen-bond acceptors (Lipinski definition) is 3. The molecule has 0 amide bonds. The van der Waals surface area contributed by atoms with Crippen LogP contribution in [0.3, 0.4) is 0 Å². The van der Waals surface area contributed by atoms with E-state index in [1.807, 2.05) is 6.07 Å². The van der Waals surface area contributed by atoms with Crippen molar-refractivity contribution in [3.8, 4) is 5.75 Å². The molecule has 0 aliphatic heterocycles. The molecule has 4 rings (SSSR count). The Balaban J connectivity index is 1.75. The van der Waals surface area contributed by atoms with Crippen LogP contribution in [0.4, 0.5) is 0 Å². The van der Waals surface area contributed by atoms with E-state index in [-0.39, 0.29) is 17.3 Å². The second-order valence-corrected chi connectivity index (χ2v) is 7.58. The van der Waals surface area contributed by atoms with Crippen molar-refractivity contribution in [2.24, 2.45) is 17.3 Å². The van der Waals surface area contributed by atoms with Crippen LogP contribution in [0.25, 0.3) is 0 Å². The second kappa shape index (κ2) is 4.47. The molecule has 3 nitrogen and oxygen atoms in total. The molecule has 0 bridgehead atoms. The lowest BCUT2D eigenvalue weighted by Crippen LogP contribution is -2.44. The maximum absolute atomic E-state index is 10.5. The van der Waals surface area contributed by atoms with Crippen LogP contribution in [0.15, 0.2) is 18.2 Å². The molecule has 3 heteroatoms. The predicted octanol–water partition coefficient (Wildman–Crippen LogP) is 3.10. The number of aliphatic hydroxyl groups excluding tert-OH is 2. The lowest BCUT2D eigenvalue weighted by atomic mass is 9.55. The van der Waals surface area contributed by atoms with Crippen LogP contribution in [0, 0.1) is 17.3 Å². The molecule has 0 aromatic heterocycles. The Bertz CT molecular complexity index is 570. The fourth-order valence-corrected chi connectivity index (χ4v) is 5.55. The predicted molar refractivity (Wildman–Crippen MR) is 80.0 cm³/mol. The molecule has 0 unspecified atom stereocenters. The van der Waals surface area contributed by atoms with Gasteiger partial charge < -0.3 is 15.3 Å². The summed E-state index contributed by atoms with van der Waals surface area (Å²) in [4.78, 5) is 0. The number of phenols is 1. The highest BCUT2D eigenvalue weighted by molar-refractivity contribution is 5.41. The fraction of sp³-hybridized carbons (Fsp3) is 0.667. The minimum absolute atomic E-state index is 0.0370. The molecule has 21 heavy (non-hydrogen) atoms. The van der Waals surface area contributed by atoms with Gasteiger partial charge in [0.05, 0.1) is 12.2 Å². The van der Waals surface area contributed by atoms with E-state index >= 15 is 0 Å². The molecule has 2 fully saturated rings. The average molecular weight is 288 g/mol. The molecule has 3 aliphatic rings. The average Bonchev–Trinajstić information content (AvgIpc) is 2.76. The molecule has 0 radical (unpaired) electrons. The monoisotopic (exact) mass is 288 g/mol. The molecular weight excluding hydrogens is 264 g/mol. The molecule has 3 N–H and O–H groups in total.